The number of benzene rings is 10. The van der Waals surface area contributed by atoms with Gasteiger partial charge in [-0.2, -0.15) is 0 Å². The fourth-order valence-corrected chi connectivity index (χ4v) is 13.9. The Labute approximate surface area is 423 Å². The zero-order valence-corrected chi connectivity index (χ0v) is 40.6. The molecule has 0 heterocycles. The Morgan fingerprint density at radius 1 is 0.347 bits per heavy atom. The molecule has 0 N–H and O–H groups in total. The van der Waals surface area contributed by atoms with Crippen molar-refractivity contribution in [3.8, 4) is 33.4 Å². The Hall–Kier alpha value is -8.52. The van der Waals surface area contributed by atoms with Gasteiger partial charge in [-0.15, -0.1) is 0 Å². The van der Waals surface area contributed by atoms with Crippen molar-refractivity contribution in [2.45, 2.75) is 36.0 Å². The van der Waals surface area contributed by atoms with E-state index in [1.165, 1.54) is 89.0 Å². The first-order chi connectivity index (χ1) is 35.5. The lowest BCUT2D eigenvalue weighted by Crippen LogP contribution is -2.47. The van der Waals surface area contributed by atoms with E-state index in [1.54, 1.807) is 0 Å². The number of nitrogens with zero attached hydrogens (tertiary/aromatic N) is 1. The summed E-state index contributed by atoms with van der Waals surface area (Å²) in [4.78, 5) is 2.46. The molecule has 0 saturated heterocycles. The standard InChI is InChI=1S/C71H53N/c1-69(2)60-31-15-12-29-56(60)58-44-43-54(47-67(58)69)72(68-37-21-14-28-55(68)49-22-6-3-7-23-49)53-41-38-48(39-42-53)50-40-45-62-59(46-50)57-30-13-16-32-61(57)71(62)65-35-19-17-33-63(65)70(51-24-8-4-9-25-51,52-26-10-5-11-27-52)64-34-18-20-36-66(64)71/h3-47,57,61H,1-2H3. The molecule has 10 aromatic rings. The highest BCUT2D eigenvalue weighted by Crippen LogP contribution is 2.66. The molecule has 2 unspecified atom stereocenters. The minimum atomic E-state index is -0.508. The summed E-state index contributed by atoms with van der Waals surface area (Å²) in [6, 6.07) is 93.6. The molecule has 4 aliphatic carbocycles. The van der Waals surface area contributed by atoms with Gasteiger partial charge in [0.05, 0.1) is 16.5 Å². The molecule has 10 aromatic carbocycles. The highest BCUT2D eigenvalue weighted by Gasteiger charge is 2.60. The summed E-state index contributed by atoms with van der Waals surface area (Å²) in [5.41, 5.74) is 23.4. The second-order valence-corrected chi connectivity index (χ2v) is 20.7. The molecule has 0 radical (unpaired) electrons. The van der Waals surface area contributed by atoms with Crippen molar-refractivity contribution in [3.63, 3.8) is 0 Å². The Bertz CT molecular complexity index is 3690. The molecule has 0 fully saturated rings. The van der Waals surface area contributed by atoms with Gasteiger partial charge in [-0.05, 0) is 114 Å². The number of anilines is 3. The number of fused-ring (bicyclic) bond motifs is 12. The van der Waals surface area contributed by atoms with Crippen LogP contribution < -0.4 is 4.90 Å². The Balaban J connectivity index is 0.920. The van der Waals surface area contributed by atoms with E-state index in [-0.39, 0.29) is 17.3 Å². The van der Waals surface area contributed by atoms with E-state index < -0.39 is 10.8 Å². The van der Waals surface area contributed by atoms with E-state index in [9.17, 15) is 0 Å². The van der Waals surface area contributed by atoms with Crippen LogP contribution in [0, 0.1) is 5.92 Å². The van der Waals surface area contributed by atoms with Gasteiger partial charge in [0.15, 0.2) is 0 Å². The molecule has 0 aliphatic heterocycles. The molecule has 1 heteroatoms. The van der Waals surface area contributed by atoms with Crippen LogP contribution in [0.2, 0.25) is 0 Å². The van der Waals surface area contributed by atoms with Crippen LogP contribution in [0.5, 0.6) is 0 Å². The van der Waals surface area contributed by atoms with Crippen molar-refractivity contribution in [2.75, 3.05) is 4.90 Å². The molecule has 72 heavy (non-hydrogen) atoms. The van der Waals surface area contributed by atoms with Gasteiger partial charge in [-0.25, -0.2) is 0 Å². The Morgan fingerprint density at radius 3 is 1.53 bits per heavy atom. The molecule has 0 amide bonds. The minimum absolute atomic E-state index is 0.125. The number of para-hydroxylation sites is 1. The van der Waals surface area contributed by atoms with Gasteiger partial charge in [0.1, 0.15) is 0 Å². The highest BCUT2D eigenvalue weighted by molar-refractivity contribution is 5.91. The van der Waals surface area contributed by atoms with Crippen molar-refractivity contribution < 1.29 is 0 Å². The van der Waals surface area contributed by atoms with Crippen molar-refractivity contribution >= 4 is 17.1 Å². The quantitative estimate of drug-likeness (QED) is 0.154. The lowest BCUT2D eigenvalue weighted by atomic mass is 9.50. The van der Waals surface area contributed by atoms with Crippen LogP contribution in [0.4, 0.5) is 17.1 Å². The van der Waals surface area contributed by atoms with E-state index >= 15 is 0 Å². The number of rotatable bonds is 7. The Kier molecular flexibility index (Phi) is 9.57. The summed E-state index contributed by atoms with van der Waals surface area (Å²) >= 11 is 0. The molecule has 2 atom stereocenters. The number of hydrogen-bond donors (Lipinski definition) is 0. The van der Waals surface area contributed by atoms with Crippen molar-refractivity contribution in [1.29, 1.82) is 0 Å². The maximum atomic E-state index is 2.52. The summed E-state index contributed by atoms with van der Waals surface area (Å²) in [7, 11) is 0. The van der Waals surface area contributed by atoms with Gasteiger partial charge in [0.25, 0.3) is 0 Å². The molecule has 1 spiro atoms. The molecule has 0 saturated carbocycles. The SMILES string of the molecule is CC1(C)c2ccccc2-c2ccc(N(c3ccc(-c4ccc5c(c4)C4C=CC=CC4C54c5ccccc5C(c5ccccc5)(c5ccccc5)c5ccccc54)cc3)c3ccccc3-c3ccccc3)cc21. The van der Waals surface area contributed by atoms with Crippen molar-refractivity contribution in [1.82, 2.24) is 0 Å². The largest absolute Gasteiger partial charge is 0.310 e. The number of hydrogen-bond acceptors (Lipinski definition) is 1. The summed E-state index contributed by atoms with van der Waals surface area (Å²) in [6.07, 6.45) is 9.53. The molecule has 14 rings (SSSR count). The molecule has 4 aliphatic rings. The molecule has 0 bridgehead atoms. The van der Waals surface area contributed by atoms with E-state index in [0.29, 0.717) is 0 Å². The van der Waals surface area contributed by atoms with Crippen molar-refractivity contribution in [3.05, 3.63) is 329 Å². The molecule has 342 valence electrons. The second-order valence-electron chi connectivity index (χ2n) is 20.7. The first kappa shape index (κ1) is 42.4. The molecular formula is C71H53N. The second kappa shape index (κ2) is 16.3. The normalized spacial score (nSPS) is 17.5. The summed E-state index contributed by atoms with van der Waals surface area (Å²) in [5, 5.41) is 0. The van der Waals surface area contributed by atoms with Crippen LogP contribution in [0.25, 0.3) is 33.4 Å². The smallest absolute Gasteiger partial charge is 0.0707 e. The zero-order valence-electron chi connectivity index (χ0n) is 40.6. The van der Waals surface area contributed by atoms with Crippen LogP contribution in [0.15, 0.2) is 273 Å². The van der Waals surface area contributed by atoms with Crippen LogP contribution >= 0.6 is 0 Å². The van der Waals surface area contributed by atoms with E-state index in [1.807, 2.05) is 0 Å². The minimum Gasteiger partial charge on any atom is -0.310 e. The van der Waals surface area contributed by atoms with Crippen LogP contribution in [-0.2, 0) is 16.2 Å². The first-order valence-electron chi connectivity index (χ1n) is 25.6. The maximum Gasteiger partial charge on any atom is 0.0707 e. The van der Waals surface area contributed by atoms with Crippen LogP contribution in [-0.4, -0.2) is 0 Å². The van der Waals surface area contributed by atoms with Gasteiger partial charge >= 0.3 is 0 Å². The van der Waals surface area contributed by atoms with Crippen molar-refractivity contribution in [2.24, 2.45) is 5.92 Å². The lowest BCUT2D eigenvalue weighted by molar-refractivity contribution is 0.431. The van der Waals surface area contributed by atoms with Gasteiger partial charge in [-0.3, -0.25) is 0 Å². The molecule has 1 nitrogen and oxygen atoms in total. The Morgan fingerprint density at radius 2 is 0.861 bits per heavy atom. The number of allylic oxidation sites excluding steroid dienone is 4. The fraction of sp³-hybridized carbons (Fsp3) is 0.0986. The third-order valence-corrected chi connectivity index (χ3v) is 16.9. The average Bonchev–Trinajstić information content (AvgIpc) is 3.88. The summed E-state index contributed by atoms with van der Waals surface area (Å²) < 4.78 is 0. The van der Waals surface area contributed by atoms with Gasteiger partial charge < -0.3 is 4.90 Å². The van der Waals surface area contributed by atoms with Crippen LogP contribution in [0.3, 0.4) is 0 Å². The summed E-state index contributed by atoms with van der Waals surface area (Å²) in [6.45, 7) is 4.74. The van der Waals surface area contributed by atoms with E-state index in [0.717, 1.165) is 17.1 Å². The topological polar surface area (TPSA) is 3.24 Å². The van der Waals surface area contributed by atoms with E-state index in [4.69, 9.17) is 0 Å². The lowest BCUT2D eigenvalue weighted by Gasteiger charge is -2.51. The average molecular weight is 920 g/mol. The summed E-state index contributed by atoms with van der Waals surface area (Å²) in [5.74, 6) is 0.386. The predicted octanol–water partition coefficient (Wildman–Crippen LogP) is 17.7. The molecular weight excluding hydrogens is 867 g/mol. The monoisotopic (exact) mass is 919 g/mol. The van der Waals surface area contributed by atoms with Crippen LogP contribution in [0.1, 0.15) is 75.4 Å². The zero-order chi connectivity index (χ0) is 48.0. The van der Waals surface area contributed by atoms with Gasteiger partial charge in [0.2, 0.25) is 0 Å². The highest BCUT2D eigenvalue weighted by atomic mass is 15.1. The van der Waals surface area contributed by atoms with Gasteiger partial charge in [-0.1, -0.05) is 257 Å². The third-order valence-electron chi connectivity index (χ3n) is 16.9. The van der Waals surface area contributed by atoms with E-state index in [2.05, 4.69) is 292 Å². The maximum absolute atomic E-state index is 2.52. The fourth-order valence-electron chi connectivity index (χ4n) is 13.9. The van der Waals surface area contributed by atoms with Gasteiger partial charge in [0, 0.05) is 34.2 Å². The predicted molar refractivity (Wildman–Crippen MR) is 299 cm³/mol. The molecule has 0 aromatic heterocycles. The third kappa shape index (κ3) is 5.95. The first-order valence-corrected chi connectivity index (χ1v) is 25.6.